The van der Waals surface area contributed by atoms with Gasteiger partial charge in [0.1, 0.15) is 22.8 Å². The van der Waals surface area contributed by atoms with Crippen LogP contribution >= 0.6 is 0 Å². The van der Waals surface area contributed by atoms with Crippen molar-refractivity contribution in [3.05, 3.63) is 53.8 Å². The molecule has 0 radical (unpaired) electrons. The van der Waals surface area contributed by atoms with Crippen molar-refractivity contribution < 1.29 is 9.32 Å². The summed E-state index contributed by atoms with van der Waals surface area (Å²) in [4.78, 5) is 14.3. The number of hydrogen-bond acceptors (Lipinski definition) is 4. The van der Waals surface area contributed by atoms with Gasteiger partial charge in [-0.15, -0.1) is 0 Å². The first kappa shape index (κ1) is 14.1. The molecule has 0 aliphatic heterocycles. The Labute approximate surface area is 127 Å². The van der Waals surface area contributed by atoms with Gasteiger partial charge in [0.15, 0.2) is 0 Å². The van der Waals surface area contributed by atoms with E-state index in [9.17, 15) is 4.79 Å². The summed E-state index contributed by atoms with van der Waals surface area (Å²) in [7, 11) is 3.55. The van der Waals surface area contributed by atoms with Crippen LogP contribution in [0, 0.1) is 6.92 Å². The van der Waals surface area contributed by atoms with Gasteiger partial charge in [0.05, 0.1) is 12.7 Å². The third kappa shape index (κ3) is 2.52. The summed E-state index contributed by atoms with van der Waals surface area (Å²) in [5.41, 5.74) is 1.26. The Hall–Kier alpha value is -2.83. The molecule has 22 heavy (non-hydrogen) atoms. The first-order valence-corrected chi connectivity index (χ1v) is 6.89. The van der Waals surface area contributed by atoms with Crippen molar-refractivity contribution in [2.24, 2.45) is 7.05 Å². The molecule has 0 atom stereocenters. The van der Waals surface area contributed by atoms with Gasteiger partial charge in [-0.25, -0.2) is 0 Å². The lowest BCUT2D eigenvalue weighted by Crippen LogP contribution is -2.27. The van der Waals surface area contributed by atoms with Gasteiger partial charge in [-0.2, -0.15) is 5.10 Å². The number of carbonyl (C=O) groups excluding carboxylic acids is 1. The first-order chi connectivity index (χ1) is 10.6. The van der Waals surface area contributed by atoms with Crippen LogP contribution in [0.2, 0.25) is 0 Å². The molecule has 0 aromatic carbocycles. The minimum absolute atomic E-state index is 0.113. The van der Waals surface area contributed by atoms with Crippen LogP contribution in [-0.2, 0) is 13.6 Å². The maximum Gasteiger partial charge on any atom is 0.259 e. The highest BCUT2D eigenvalue weighted by molar-refractivity contribution is 5.96. The molecule has 3 heterocycles. The molecule has 0 saturated heterocycles. The smallest absolute Gasteiger partial charge is 0.259 e. The predicted molar refractivity (Wildman–Crippen MR) is 79.6 cm³/mol. The van der Waals surface area contributed by atoms with Crippen LogP contribution in [0.1, 0.15) is 21.8 Å². The Balaban J connectivity index is 1.86. The van der Waals surface area contributed by atoms with E-state index in [1.54, 1.807) is 22.8 Å². The van der Waals surface area contributed by atoms with Gasteiger partial charge in [-0.3, -0.25) is 9.48 Å². The monoisotopic (exact) mass is 299 g/mol. The van der Waals surface area contributed by atoms with E-state index in [0.717, 1.165) is 17.3 Å². The summed E-state index contributed by atoms with van der Waals surface area (Å²) < 4.78 is 8.58. The highest BCUT2D eigenvalue weighted by atomic mass is 16.5. The van der Waals surface area contributed by atoms with Crippen molar-refractivity contribution in [1.82, 2.24) is 24.4 Å². The molecule has 1 amide bonds. The maximum atomic E-state index is 12.7. The van der Waals surface area contributed by atoms with Crippen molar-refractivity contribution >= 4 is 5.91 Å². The zero-order chi connectivity index (χ0) is 15.7. The van der Waals surface area contributed by atoms with Crippen LogP contribution in [0.5, 0.6) is 0 Å². The third-order valence-corrected chi connectivity index (χ3v) is 3.41. The van der Waals surface area contributed by atoms with Gasteiger partial charge in [0, 0.05) is 32.6 Å². The van der Waals surface area contributed by atoms with Crippen molar-refractivity contribution in [2.45, 2.75) is 13.5 Å². The molecule has 0 aliphatic rings. The molecular weight excluding hydrogens is 282 g/mol. The number of amides is 1. The van der Waals surface area contributed by atoms with Gasteiger partial charge in [0.2, 0.25) is 0 Å². The van der Waals surface area contributed by atoms with Crippen LogP contribution in [0.4, 0.5) is 0 Å². The van der Waals surface area contributed by atoms with Crippen LogP contribution in [0.15, 0.2) is 41.3 Å². The molecule has 0 spiro atoms. The van der Waals surface area contributed by atoms with Crippen molar-refractivity contribution in [2.75, 3.05) is 7.05 Å². The minimum atomic E-state index is -0.113. The number of rotatable bonds is 4. The zero-order valence-corrected chi connectivity index (χ0v) is 12.7. The van der Waals surface area contributed by atoms with E-state index in [0.29, 0.717) is 12.1 Å². The summed E-state index contributed by atoms with van der Waals surface area (Å²) in [6.45, 7) is 2.21. The summed E-state index contributed by atoms with van der Waals surface area (Å²) in [6, 6.07) is 5.63. The van der Waals surface area contributed by atoms with Crippen molar-refractivity contribution in [3.8, 4) is 5.82 Å². The summed E-state index contributed by atoms with van der Waals surface area (Å²) in [5, 5.41) is 8.12. The molecule has 0 bridgehead atoms. The number of nitrogens with zero attached hydrogens (tertiary/aromatic N) is 5. The van der Waals surface area contributed by atoms with E-state index >= 15 is 0 Å². The molecule has 3 aromatic rings. The number of aryl methyl sites for hydroxylation is 2. The first-order valence-electron chi connectivity index (χ1n) is 6.89. The Kier molecular flexibility index (Phi) is 3.54. The molecule has 7 nitrogen and oxygen atoms in total. The van der Waals surface area contributed by atoms with Gasteiger partial charge in [0.25, 0.3) is 5.91 Å². The number of carbonyl (C=O) groups is 1. The van der Waals surface area contributed by atoms with Crippen molar-refractivity contribution in [1.29, 1.82) is 0 Å². The van der Waals surface area contributed by atoms with Crippen molar-refractivity contribution in [3.63, 3.8) is 0 Å². The van der Waals surface area contributed by atoms with E-state index in [1.807, 2.05) is 49.1 Å². The van der Waals surface area contributed by atoms with Gasteiger partial charge < -0.3 is 14.0 Å². The van der Waals surface area contributed by atoms with Crippen LogP contribution in [0.25, 0.3) is 5.82 Å². The lowest BCUT2D eigenvalue weighted by atomic mass is 10.2. The average Bonchev–Trinajstić information content (AvgIpc) is 3.19. The highest BCUT2D eigenvalue weighted by Crippen LogP contribution is 2.17. The lowest BCUT2D eigenvalue weighted by Gasteiger charge is -2.16. The Morgan fingerprint density at radius 1 is 1.36 bits per heavy atom. The molecule has 3 rings (SSSR count). The molecule has 3 aromatic heterocycles. The second kappa shape index (κ2) is 5.51. The third-order valence-electron chi connectivity index (χ3n) is 3.41. The van der Waals surface area contributed by atoms with E-state index in [1.165, 1.54) is 0 Å². The maximum absolute atomic E-state index is 12.7. The SMILES string of the molecule is Cc1cc(CN(C)C(=O)c2cnn(C)c2-n2cccc2)no1. The van der Waals surface area contributed by atoms with E-state index < -0.39 is 0 Å². The van der Waals surface area contributed by atoms with Gasteiger partial charge >= 0.3 is 0 Å². The second-order valence-electron chi connectivity index (χ2n) is 5.19. The molecule has 114 valence electrons. The molecule has 0 N–H and O–H groups in total. The largest absolute Gasteiger partial charge is 0.361 e. The Bertz CT molecular complexity index is 785. The quantitative estimate of drug-likeness (QED) is 0.736. The van der Waals surface area contributed by atoms with E-state index in [4.69, 9.17) is 4.52 Å². The van der Waals surface area contributed by atoms with Crippen LogP contribution in [-0.4, -0.2) is 37.4 Å². The van der Waals surface area contributed by atoms with Crippen LogP contribution < -0.4 is 0 Å². The molecule has 0 aliphatic carbocycles. The van der Waals surface area contributed by atoms with Crippen LogP contribution in [0.3, 0.4) is 0 Å². The fourth-order valence-corrected chi connectivity index (χ4v) is 2.38. The molecule has 0 unspecified atom stereocenters. The molecular formula is C15H17N5O2. The molecule has 0 saturated carbocycles. The summed E-state index contributed by atoms with van der Waals surface area (Å²) in [5.74, 6) is 1.35. The fourth-order valence-electron chi connectivity index (χ4n) is 2.38. The lowest BCUT2D eigenvalue weighted by molar-refractivity contribution is 0.0782. The topological polar surface area (TPSA) is 69.1 Å². The number of hydrogen-bond donors (Lipinski definition) is 0. The minimum Gasteiger partial charge on any atom is -0.361 e. The fraction of sp³-hybridized carbons (Fsp3) is 0.267. The van der Waals surface area contributed by atoms with Gasteiger partial charge in [-0.05, 0) is 19.1 Å². The number of aromatic nitrogens is 4. The van der Waals surface area contributed by atoms with E-state index in [2.05, 4.69) is 10.3 Å². The van der Waals surface area contributed by atoms with Gasteiger partial charge in [-0.1, -0.05) is 5.16 Å². The normalized spacial score (nSPS) is 10.9. The molecule has 0 fully saturated rings. The van der Waals surface area contributed by atoms with E-state index in [-0.39, 0.29) is 5.91 Å². The predicted octanol–water partition coefficient (Wildman–Crippen LogP) is 1.78. The summed E-state index contributed by atoms with van der Waals surface area (Å²) in [6.07, 6.45) is 5.35. The zero-order valence-electron chi connectivity index (χ0n) is 12.7. The second-order valence-corrected chi connectivity index (χ2v) is 5.19. The molecule has 7 heteroatoms. The Morgan fingerprint density at radius 3 is 2.73 bits per heavy atom. The average molecular weight is 299 g/mol. The highest BCUT2D eigenvalue weighted by Gasteiger charge is 2.21. The standard InChI is InChI=1S/C15H17N5O2/c1-11-8-12(17-22-11)10-18(2)15(21)13-9-16-19(3)14(13)20-6-4-5-7-20/h4-9H,10H2,1-3H3. The Morgan fingerprint density at radius 2 is 2.09 bits per heavy atom. The summed E-state index contributed by atoms with van der Waals surface area (Å²) >= 11 is 0.